The van der Waals surface area contributed by atoms with Crippen LogP contribution in [0.4, 0.5) is 0 Å². The molecule has 7 heavy (non-hydrogen) atoms. The van der Waals surface area contributed by atoms with Gasteiger partial charge in [0, 0.05) is 0 Å². The molecule has 1 nitrogen and oxygen atoms in total. The molecule has 0 aliphatic rings. The van der Waals surface area contributed by atoms with Crippen LogP contribution in [0.5, 0.6) is 5.75 Å². The lowest BCUT2D eigenvalue weighted by atomic mass is 10.4. The normalized spacial score (nSPS) is 8.57. The Bertz CT molecular complexity index is 134. The van der Waals surface area contributed by atoms with E-state index in [1.807, 2.05) is 6.07 Å². The third kappa shape index (κ3) is 0.929. The van der Waals surface area contributed by atoms with E-state index < -0.39 is 0 Å². The second-order valence-electron chi connectivity index (χ2n) is 1.34. The van der Waals surface area contributed by atoms with Crippen molar-refractivity contribution in [2.45, 2.75) is 0 Å². The molecule has 1 N–H and O–H groups in total. The SMILES string of the molecule is [18OH]c1ccccc1. The van der Waals surface area contributed by atoms with Crippen molar-refractivity contribution in [3.8, 4) is 5.75 Å². The van der Waals surface area contributed by atoms with E-state index in [2.05, 4.69) is 0 Å². The van der Waals surface area contributed by atoms with E-state index in [9.17, 15) is 0 Å². The van der Waals surface area contributed by atoms with Crippen molar-refractivity contribution in [2.24, 2.45) is 0 Å². The van der Waals surface area contributed by atoms with E-state index in [0.29, 0.717) is 5.75 Å². The third-order valence-corrected chi connectivity index (χ3v) is 0.756. The molecule has 0 amide bonds. The molecule has 0 spiro atoms. The molecule has 0 saturated heterocycles. The monoisotopic (exact) mass is 96.0 g/mol. The first-order chi connectivity index (χ1) is 3.39. The Hall–Kier alpha value is -0.980. The predicted molar refractivity (Wildman–Crippen MR) is 28.1 cm³/mol. The zero-order chi connectivity index (χ0) is 5.11. The van der Waals surface area contributed by atoms with Crippen LogP contribution in [0.1, 0.15) is 0 Å². The summed E-state index contributed by atoms with van der Waals surface area (Å²) in [6.07, 6.45) is 0. The van der Waals surface area contributed by atoms with Crippen molar-refractivity contribution in [2.75, 3.05) is 0 Å². The van der Waals surface area contributed by atoms with Gasteiger partial charge in [-0.25, -0.2) is 0 Å². The van der Waals surface area contributed by atoms with Crippen LogP contribution in [0, 0.1) is 0 Å². The molecule has 0 aliphatic carbocycles. The molecule has 0 aliphatic heterocycles. The van der Waals surface area contributed by atoms with Crippen molar-refractivity contribution >= 4 is 0 Å². The van der Waals surface area contributed by atoms with Gasteiger partial charge in [-0.05, 0) is 12.1 Å². The zero-order valence-electron chi connectivity index (χ0n) is 3.83. The molecule has 0 bridgehead atoms. The summed E-state index contributed by atoms with van der Waals surface area (Å²) in [7, 11) is 0. The van der Waals surface area contributed by atoms with Gasteiger partial charge in [-0.2, -0.15) is 0 Å². The highest BCUT2D eigenvalue weighted by molar-refractivity contribution is 5.18. The minimum absolute atomic E-state index is 0.322. The van der Waals surface area contributed by atoms with E-state index >= 15 is 0 Å². The van der Waals surface area contributed by atoms with Gasteiger partial charge in [0.2, 0.25) is 0 Å². The van der Waals surface area contributed by atoms with Crippen LogP contribution in [0.15, 0.2) is 30.3 Å². The number of benzene rings is 1. The average molecular weight is 96.1 g/mol. The first-order valence-electron chi connectivity index (χ1n) is 2.13. The molecule has 36 valence electrons. The molecule has 1 aromatic rings. The highest BCUT2D eigenvalue weighted by Crippen LogP contribution is 2.02. The van der Waals surface area contributed by atoms with Crippen molar-refractivity contribution < 1.29 is 5.11 Å². The molecule has 1 aromatic carbocycles. The van der Waals surface area contributed by atoms with E-state index in [4.69, 9.17) is 5.11 Å². The molecular formula is C6H6O. The Morgan fingerprint density at radius 2 is 1.57 bits per heavy atom. The molecule has 0 unspecified atom stereocenters. The van der Waals surface area contributed by atoms with Gasteiger partial charge in [-0.1, -0.05) is 18.2 Å². The first-order valence-corrected chi connectivity index (χ1v) is 2.13. The van der Waals surface area contributed by atoms with Gasteiger partial charge in [0.05, 0.1) is 0 Å². The Morgan fingerprint density at radius 3 is 1.86 bits per heavy atom. The smallest absolute Gasteiger partial charge is 0.115 e. The van der Waals surface area contributed by atoms with Gasteiger partial charge < -0.3 is 5.11 Å². The van der Waals surface area contributed by atoms with Crippen LogP contribution in [0.3, 0.4) is 0 Å². The van der Waals surface area contributed by atoms with Crippen molar-refractivity contribution in [3.63, 3.8) is 0 Å². The van der Waals surface area contributed by atoms with Crippen LogP contribution in [0.25, 0.3) is 0 Å². The summed E-state index contributed by atoms with van der Waals surface area (Å²) < 4.78 is 0. The standard InChI is InChI=1S/C6H6O/c7-6-4-2-1-3-5-6/h1-5,7H/i7+2. The summed E-state index contributed by atoms with van der Waals surface area (Å²) in [6, 6.07) is 8.71. The lowest BCUT2D eigenvalue weighted by Gasteiger charge is -1.82. The van der Waals surface area contributed by atoms with Crippen LogP contribution in [-0.2, 0) is 0 Å². The lowest BCUT2D eigenvalue weighted by Crippen LogP contribution is -1.56. The Labute approximate surface area is 42.2 Å². The summed E-state index contributed by atoms with van der Waals surface area (Å²) in [4.78, 5) is 0. The van der Waals surface area contributed by atoms with Gasteiger partial charge in [-0.3, -0.25) is 0 Å². The number of rotatable bonds is 0. The fourth-order valence-electron chi connectivity index (χ4n) is 0.428. The quantitative estimate of drug-likeness (QED) is 0.484. The maximum atomic E-state index is 8.63. The summed E-state index contributed by atoms with van der Waals surface area (Å²) in [5.41, 5.74) is 0. The molecule has 0 atom stereocenters. The number of hydrogen-bond acceptors (Lipinski definition) is 1. The number of para-hydroxylation sites is 1. The van der Waals surface area contributed by atoms with E-state index in [1.165, 1.54) is 0 Å². The van der Waals surface area contributed by atoms with Crippen molar-refractivity contribution in [3.05, 3.63) is 30.3 Å². The second kappa shape index (κ2) is 1.65. The predicted octanol–water partition coefficient (Wildman–Crippen LogP) is 1.39. The van der Waals surface area contributed by atoms with E-state index in [0.717, 1.165) is 0 Å². The van der Waals surface area contributed by atoms with Crippen LogP contribution < -0.4 is 0 Å². The van der Waals surface area contributed by atoms with Gasteiger partial charge >= 0.3 is 0 Å². The van der Waals surface area contributed by atoms with Crippen molar-refractivity contribution in [1.29, 1.82) is 0 Å². The van der Waals surface area contributed by atoms with Crippen molar-refractivity contribution in [1.82, 2.24) is 0 Å². The average Bonchev–Trinajstić information content (AvgIpc) is 1.69. The molecule has 0 aromatic heterocycles. The molecule has 0 radical (unpaired) electrons. The largest absolute Gasteiger partial charge is 0.508 e. The van der Waals surface area contributed by atoms with E-state index in [-0.39, 0.29) is 0 Å². The Morgan fingerprint density at radius 1 is 1.00 bits per heavy atom. The third-order valence-electron chi connectivity index (χ3n) is 0.756. The highest BCUT2D eigenvalue weighted by Gasteiger charge is 1.74. The zero-order valence-corrected chi connectivity index (χ0v) is 3.83. The number of phenolic OH excluding ortho intramolecular Hbond substituents is 1. The number of aromatic hydroxyl groups is 1. The van der Waals surface area contributed by atoms with Gasteiger partial charge in [0.25, 0.3) is 0 Å². The van der Waals surface area contributed by atoms with Crippen LogP contribution >= 0.6 is 0 Å². The maximum Gasteiger partial charge on any atom is 0.115 e. The van der Waals surface area contributed by atoms with Gasteiger partial charge in [0.1, 0.15) is 5.75 Å². The topological polar surface area (TPSA) is 20.2 Å². The lowest BCUT2D eigenvalue weighted by molar-refractivity contribution is 0.475. The van der Waals surface area contributed by atoms with Crippen LogP contribution in [0.2, 0.25) is 0 Å². The summed E-state index contributed by atoms with van der Waals surface area (Å²) in [5, 5.41) is 8.63. The number of phenols is 1. The molecule has 0 saturated carbocycles. The summed E-state index contributed by atoms with van der Waals surface area (Å²) >= 11 is 0. The van der Waals surface area contributed by atoms with Crippen LogP contribution in [-0.4, -0.2) is 5.11 Å². The first kappa shape index (κ1) is 4.19. The Balaban J connectivity index is 3.02. The molecule has 1 rings (SSSR count). The molecule has 0 heterocycles. The highest BCUT2D eigenvalue weighted by atomic mass is 18.2. The fraction of sp³-hybridized carbons (Fsp3) is 0. The molecular weight excluding hydrogens is 90.1 g/mol. The van der Waals surface area contributed by atoms with E-state index in [1.54, 1.807) is 24.3 Å². The minimum atomic E-state index is 0.322. The molecule has 0 fully saturated rings. The number of hydrogen-bond donors (Lipinski definition) is 1. The summed E-state index contributed by atoms with van der Waals surface area (Å²) in [6.45, 7) is 0. The molecule has 1 heteroatoms. The maximum absolute atomic E-state index is 8.63. The summed E-state index contributed by atoms with van der Waals surface area (Å²) in [5.74, 6) is 0.322. The van der Waals surface area contributed by atoms with Gasteiger partial charge in [0.15, 0.2) is 0 Å². The Kier molecular flexibility index (Phi) is 0.984. The van der Waals surface area contributed by atoms with Gasteiger partial charge in [-0.15, -0.1) is 0 Å². The second-order valence-corrected chi connectivity index (χ2v) is 1.34. The minimum Gasteiger partial charge on any atom is -0.508 e. The fourth-order valence-corrected chi connectivity index (χ4v) is 0.428.